The Hall–Kier alpha value is -1.62. The van der Waals surface area contributed by atoms with Crippen LogP contribution in [-0.4, -0.2) is 38.4 Å². The number of carbonyl (C=O) groups excluding carboxylic acids is 2. The van der Waals surface area contributed by atoms with Crippen LogP contribution in [0.4, 0.5) is 0 Å². The van der Waals surface area contributed by atoms with Crippen LogP contribution in [0.15, 0.2) is 23.3 Å². The van der Waals surface area contributed by atoms with Gasteiger partial charge in [0.15, 0.2) is 0 Å². The van der Waals surface area contributed by atoms with E-state index in [1.54, 1.807) is 7.11 Å². The van der Waals surface area contributed by atoms with Crippen molar-refractivity contribution in [3.05, 3.63) is 23.3 Å². The lowest BCUT2D eigenvalue weighted by Crippen LogP contribution is -2.51. The fourth-order valence-electron chi connectivity index (χ4n) is 5.58. The summed E-state index contributed by atoms with van der Waals surface area (Å²) in [4.78, 5) is 22.5. The first-order valence-electron chi connectivity index (χ1n) is 11.2. The van der Waals surface area contributed by atoms with Gasteiger partial charge in [0.2, 0.25) is 0 Å². The van der Waals surface area contributed by atoms with Crippen molar-refractivity contribution in [3.8, 4) is 0 Å². The van der Waals surface area contributed by atoms with E-state index in [1.807, 2.05) is 6.08 Å². The van der Waals surface area contributed by atoms with Crippen molar-refractivity contribution < 1.29 is 23.8 Å². The number of rotatable bonds is 8. The van der Waals surface area contributed by atoms with Crippen LogP contribution in [-0.2, 0) is 23.8 Å². The molecule has 1 fully saturated rings. The van der Waals surface area contributed by atoms with Crippen molar-refractivity contribution in [3.63, 3.8) is 0 Å². The molecule has 0 aromatic heterocycles. The predicted octanol–water partition coefficient (Wildman–Crippen LogP) is 5.24. The fraction of sp³-hybridized carbons (Fsp3) is 0.760. The molecule has 0 unspecified atom stereocenters. The van der Waals surface area contributed by atoms with Gasteiger partial charge in [-0.15, -0.1) is 0 Å². The van der Waals surface area contributed by atoms with Crippen LogP contribution in [0.5, 0.6) is 0 Å². The topological polar surface area (TPSA) is 61.8 Å². The molecule has 0 aliphatic heterocycles. The molecule has 0 radical (unpaired) electrons. The third-order valence-corrected chi connectivity index (χ3v) is 8.00. The van der Waals surface area contributed by atoms with Crippen LogP contribution < -0.4 is 0 Å². The lowest BCUT2D eigenvalue weighted by Gasteiger charge is -2.59. The van der Waals surface area contributed by atoms with Gasteiger partial charge in [-0.3, -0.25) is 9.59 Å². The number of esters is 2. The van der Waals surface area contributed by atoms with Gasteiger partial charge in [0.05, 0.1) is 6.10 Å². The minimum atomic E-state index is -0.309. The molecule has 2 aliphatic carbocycles. The van der Waals surface area contributed by atoms with E-state index in [0.29, 0.717) is 11.8 Å². The van der Waals surface area contributed by atoms with Crippen molar-refractivity contribution in [1.29, 1.82) is 0 Å². The van der Waals surface area contributed by atoms with Gasteiger partial charge in [-0.25, -0.2) is 0 Å². The summed E-state index contributed by atoms with van der Waals surface area (Å²) < 4.78 is 16.1. The van der Waals surface area contributed by atoms with Gasteiger partial charge in [0.1, 0.15) is 13.2 Å². The van der Waals surface area contributed by atoms with Crippen molar-refractivity contribution >= 4 is 11.9 Å². The number of fused-ring (bicyclic) bond motifs is 1. The second-order valence-electron chi connectivity index (χ2n) is 9.72. The third kappa shape index (κ3) is 5.54. The molecule has 0 spiro atoms. The molecule has 2 aliphatic rings. The van der Waals surface area contributed by atoms with Crippen LogP contribution in [0.1, 0.15) is 73.6 Å². The first-order valence-corrected chi connectivity index (χ1v) is 11.2. The lowest BCUT2D eigenvalue weighted by atomic mass is 9.46. The number of allylic oxidation sites excluding steroid dienone is 1. The molecular weight excluding hydrogens is 380 g/mol. The molecule has 1 saturated carbocycles. The van der Waals surface area contributed by atoms with Crippen molar-refractivity contribution in [2.45, 2.75) is 79.8 Å². The Labute approximate surface area is 182 Å². The molecule has 2 rings (SSSR count). The van der Waals surface area contributed by atoms with Gasteiger partial charge in [0.25, 0.3) is 0 Å². The molecule has 5 heteroatoms. The van der Waals surface area contributed by atoms with E-state index in [0.717, 1.165) is 24.8 Å². The van der Waals surface area contributed by atoms with E-state index in [-0.39, 0.29) is 42.1 Å². The summed E-state index contributed by atoms with van der Waals surface area (Å²) in [5.74, 6) is 0.528. The quantitative estimate of drug-likeness (QED) is 0.397. The largest absolute Gasteiger partial charge is 0.462 e. The molecular formula is C25H40O5. The number of methoxy groups -OCH3 is 1. The normalized spacial score (nSPS) is 34.0. The second-order valence-corrected chi connectivity index (χ2v) is 9.72. The molecule has 0 N–H and O–H groups in total. The van der Waals surface area contributed by atoms with Crippen molar-refractivity contribution in [1.82, 2.24) is 0 Å². The molecule has 0 amide bonds. The van der Waals surface area contributed by atoms with E-state index in [4.69, 9.17) is 14.2 Å². The maximum Gasteiger partial charge on any atom is 0.302 e. The molecule has 5 nitrogen and oxygen atoms in total. The van der Waals surface area contributed by atoms with Crippen LogP contribution in [0.3, 0.4) is 0 Å². The van der Waals surface area contributed by atoms with Crippen LogP contribution in [0.25, 0.3) is 0 Å². The van der Waals surface area contributed by atoms with E-state index in [9.17, 15) is 9.59 Å². The lowest BCUT2D eigenvalue weighted by molar-refractivity contribution is -0.141. The average Bonchev–Trinajstić information content (AvgIpc) is 2.68. The Morgan fingerprint density at radius 3 is 2.47 bits per heavy atom. The standard InChI is InChI=1S/C25H40O5/c1-17-8-11-25(6)18(2)14-22(28-7)15-23(25)24(17,5)12-9-21(16-30-20(4)27)10-13-29-19(3)26/h10,14,17,22-23H,8-9,11-13,15-16H2,1-7H3/b21-10+/t17-,22-,23-,24+,25+/m1/s1. The average molecular weight is 421 g/mol. The summed E-state index contributed by atoms with van der Waals surface area (Å²) in [7, 11) is 1.80. The second kappa shape index (κ2) is 10.1. The molecule has 0 bridgehead atoms. The Balaban J connectivity index is 2.22. The highest BCUT2D eigenvalue weighted by atomic mass is 16.5. The number of hydrogen-bond acceptors (Lipinski definition) is 5. The highest BCUT2D eigenvalue weighted by Crippen LogP contribution is 2.62. The van der Waals surface area contributed by atoms with E-state index in [1.165, 1.54) is 32.3 Å². The zero-order chi connectivity index (χ0) is 22.5. The van der Waals surface area contributed by atoms with Crippen LogP contribution >= 0.6 is 0 Å². The van der Waals surface area contributed by atoms with Crippen LogP contribution in [0.2, 0.25) is 0 Å². The van der Waals surface area contributed by atoms with E-state index in [2.05, 4.69) is 33.8 Å². The Morgan fingerprint density at radius 1 is 1.20 bits per heavy atom. The summed E-state index contributed by atoms with van der Waals surface area (Å²) in [5, 5.41) is 0. The SMILES string of the molecule is CO[C@@H]1C=C(C)[C@]2(C)CC[C@@H](C)[C@](C)(CC/C(=C\COC(C)=O)COC(C)=O)[C@H]2C1. The van der Waals surface area contributed by atoms with Gasteiger partial charge in [-0.2, -0.15) is 0 Å². The number of carbonyl (C=O) groups is 2. The smallest absolute Gasteiger partial charge is 0.302 e. The van der Waals surface area contributed by atoms with Gasteiger partial charge >= 0.3 is 11.9 Å². The summed E-state index contributed by atoms with van der Waals surface area (Å²) in [5.41, 5.74) is 2.82. The Morgan fingerprint density at radius 2 is 1.87 bits per heavy atom. The van der Waals surface area contributed by atoms with Gasteiger partial charge in [-0.05, 0) is 73.3 Å². The molecule has 5 atom stereocenters. The van der Waals surface area contributed by atoms with Gasteiger partial charge in [0, 0.05) is 21.0 Å². The predicted molar refractivity (Wildman–Crippen MR) is 118 cm³/mol. The van der Waals surface area contributed by atoms with Crippen molar-refractivity contribution in [2.75, 3.05) is 20.3 Å². The highest BCUT2D eigenvalue weighted by Gasteiger charge is 2.54. The summed E-state index contributed by atoms with van der Waals surface area (Å²) in [6, 6.07) is 0. The maximum atomic E-state index is 11.3. The van der Waals surface area contributed by atoms with Gasteiger partial charge < -0.3 is 14.2 Å². The minimum absolute atomic E-state index is 0.149. The monoisotopic (exact) mass is 420 g/mol. The molecule has 0 aromatic rings. The molecule has 0 heterocycles. The molecule has 0 aromatic carbocycles. The Bertz CT molecular complexity index is 694. The zero-order valence-electron chi connectivity index (χ0n) is 19.9. The highest BCUT2D eigenvalue weighted by molar-refractivity contribution is 5.66. The minimum Gasteiger partial charge on any atom is -0.462 e. The molecule has 0 saturated heterocycles. The number of hydrogen-bond donors (Lipinski definition) is 0. The van der Waals surface area contributed by atoms with Crippen molar-refractivity contribution in [2.24, 2.45) is 22.7 Å². The first kappa shape index (κ1) is 24.6. The van der Waals surface area contributed by atoms with Crippen LogP contribution in [0, 0.1) is 22.7 Å². The summed E-state index contributed by atoms with van der Waals surface area (Å²) in [6.07, 6.45) is 9.68. The number of ether oxygens (including phenoxy) is 3. The first-order chi connectivity index (χ1) is 14.0. The fourth-order valence-corrected chi connectivity index (χ4v) is 5.58. The molecule has 30 heavy (non-hydrogen) atoms. The Kier molecular flexibility index (Phi) is 8.32. The summed E-state index contributed by atoms with van der Waals surface area (Å²) >= 11 is 0. The van der Waals surface area contributed by atoms with Gasteiger partial charge in [-0.1, -0.05) is 32.4 Å². The zero-order valence-corrected chi connectivity index (χ0v) is 19.9. The summed E-state index contributed by atoms with van der Waals surface area (Å²) in [6.45, 7) is 12.8. The third-order valence-electron chi connectivity index (χ3n) is 8.00. The maximum absolute atomic E-state index is 11.3. The van der Waals surface area contributed by atoms with E-state index >= 15 is 0 Å². The molecule has 170 valence electrons. The van der Waals surface area contributed by atoms with E-state index < -0.39 is 0 Å².